The summed E-state index contributed by atoms with van der Waals surface area (Å²) in [6, 6.07) is 20.1. The number of hydrogen-bond donors (Lipinski definition) is 0. The molecule has 0 bridgehead atoms. The Morgan fingerprint density at radius 2 is 1.23 bits per heavy atom. The van der Waals surface area contributed by atoms with Gasteiger partial charge in [-0.3, -0.25) is 9.59 Å². The molecule has 0 aliphatic heterocycles. The summed E-state index contributed by atoms with van der Waals surface area (Å²) >= 11 is 0. The molecule has 0 heterocycles. The zero-order valence-corrected chi connectivity index (χ0v) is 17.0. The van der Waals surface area contributed by atoms with Crippen LogP contribution in [0.15, 0.2) is 82.9 Å². The molecule has 0 saturated heterocycles. The highest BCUT2D eigenvalue weighted by atomic mass is 16.1. The van der Waals surface area contributed by atoms with E-state index in [9.17, 15) is 9.59 Å². The van der Waals surface area contributed by atoms with Crippen LogP contribution in [0, 0.1) is 0 Å². The highest BCUT2D eigenvalue weighted by Gasteiger charge is 2.16. The smallest absolute Gasteiger partial charge is 0.194 e. The quantitative estimate of drug-likeness (QED) is 0.303. The molecule has 2 heteroatoms. The normalized spacial score (nSPS) is 12.3. The van der Waals surface area contributed by atoms with E-state index in [0.717, 1.165) is 59.4 Å². The van der Waals surface area contributed by atoms with Gasteiger partial charge in [0.05, 0.1) is 0 Å². The van der Waals surface area contributed by atoms with Crippen molar-refractivity contribution < 1.29 is 0 Å². The van der Waals surface area contributed by atoms with Crippen molar-refractivity contribution in [3.8, 4) is 0 Å². The molecule has 31 heavy (non-hydrogen) atoms. The van der Waals surface area contributed by atoms with Crippen LogP contribution in [0.25, 0.3) is 66.0 Å². The van der Waals surface area contributed by atoms with E-state index in [1.165, 1.54) is 0 Å². The topological polar surface area (TPSA) is 34.1 Å². The second-order valence-electron chi connectivity index (χ2n) is 8.04. The van der Waals surface area contributed by atoms with Gasteiger partial charge in [-0.25, -0.2) is 0 Å². The number of hydrogen-bond acceptors (Lipinski definition) is 2. The predicted molar refractivity (Wildman–Crippen MR) is 134 cm³/mol. The van der Waals surface area contributed by atoms with Gasteiger partial charge in [-0.2, -0.15) is 0 Å². The largest absolute Gasteiger partial charge is 0.289 e. The van der Waals surface area contributed by atoms with Gasteiger partial charge < -0.3 is 0 Å². The molecule has 0 saturated carbocycles. The molecule has 6 aromatic carbocycles. The van der Waals surface area contributed by atoms with E-state index in [2.05, 4.69) is 18.7 Å². The summed E-state index contributed by atoms with van der Waals surface area (Å²) < 4.78 is 0. The monoisotopic (exact) mass is 398 g/mol. The molecular weight excluding hydrogens is 380 g/mol. The van der Waals surface area contributed by atoms with Gasteiger partial charge in [0.1, 0.15) is 0 Å². The minimum absolute atomic E-state index is 0.0403. The first-order valence-electron chi connectivity index (χ1n) is 10.4. The minimum Gasteiger partial charge on any atom is -0.289 e. The fourth-order valence-corrected chi connectivity index (χ4v) is 5.00. The van der Waals surface area contributed by atoms with Gasteiger partial charge in [-0.05, 0) is 74.5 Å². The fourth-order valence-electron chi connectivity index (χ4n) is 5.00. The summed E-state index contributed by atoms with van der Waals surface area (Å²) in [4.78, 5) is 25.9. The van der Waals surface area contributed by atoms with E-state index in [-0.39, 0.29) is 10.9 Å². The van der Waals surface area contributed by atoms with Crippen LogP contribution in [0.3, 0.4) is 0 Å². The van der Waals surface area contributed by atoms with Gasteiger partial charge in [-0.15, -0.1) is 0 Å². The van der Waals surface area contributed by atoms with Crippen LogP contribution in [0.1, 0.15) is 18.1 Å². The van der Waals surface area contributed by atoms with Gasteiger partial charge in [-0.1, -0.05) is 61.2 Å². The Morgan fingerprint density at radius 3 is 1.87 bits per heavy atom. The number of benzene rings is 4. The maximum atomic E-state index is 13.0. The molecule has 0 fully saturated rings. The summed E-state index contributed by atoms with van der Waals surface area (Å²) in [6.07, 6.45) is 5.51. The summed E-state index contributed by atoms with van der Waals surface area (Å²) in [7, 11) is 0. The highest BCUT2D eigenvalue weighted by molar-refractivity contribution is 6.21. The summed E-state index contributed by atoms with van der Waals surface area (Å²) in [5.74, 6) is 0. The number of allylic oxidation sites excluding steroid dienone is 1. The Balaban J connectivity index is 1.82. The van der Waals surface area contributed by atoms with Crippen molar-refractivity contribution in [1.29, 1.82) is 0 Å². The van der Waals surface area contributed by atoms with E-state index in [0.29, 0.717) is 5.56 Å². The Kier molecular flexibility index (Phi) is 3.57. The molecule has 0 aliphatic carbocycles. The first-order chi connectivity index (χ1) is 15.1. The van der Waals surface area contributed by atoms with E-state index < -0.39 is 0 Å². The highest BCUT2D eigenvalue weighted by Crippen LogP contribution is 2.35. The number of fused-ring (bicyclic) bond motifs is 7. The lowest BCUT2D eigenvalue weighted by Crippen LogP contribution is -1.98. The Hall–Kier alpha value is -4.04. The van der Waals surface area contributed by atoms with Crippen LogP contribution in [-0.4, -0.2) is 0 Å². The molecular formula is C29H18O2. The first kappa shape index (κ1) is 17.8. The van der Waals surface area contributed by atoms with Crippen molar-refractivity contribution in [2.24, 2.45) is 0 Å². The molecule has 6 rings (SSSR count). The second kappa shape index (κ2) is 6.23. The molecule has 0 spiro atoms. The average molecular weight is 398 g/mol. The van der Waals surface area contributed by atoms with E-state index in [4.69, 9.17) is 0 Å². The van der Waals surface area contributed by atoms with Gasteiger partial charge in [0.15, 0.2) is 10.9 Å². The fraction of sp³-hybridized carbons (Fsp3) is 0.0345. The van der Waals surface area contributed by atoms with Gasteiger partial charge in [0.25, 0.3) is 0 Å². The van der Waals surface area contributed by atoms with Crippen molar-refractivity contribution in [2.75, 3.05) is 0 Å². The first-order valence-corrected chi connectivity index (χ1v) is 10.4. The van der Waals surface area contributed by atoms with Crippen molar-refractivity contribution >= 4 is 66.0 Å². The molecule has 146 valence electrons. The third kappa shape index (κ3) is 2.27. The van der Waals surface area contributed by atoms with E-state index >= 15 is 0 Å². The SMILES string of the molecule is C=Cc1c(/C=C\C)c(=O)c2cc3ccc4cc5c(=O)c6ccccc6c5cc4c3cc12. The van der Waals surface area contributed by atoms with Crippen LogP contribution in [0.4, 0.5) is 0 Å². The lowest BCUT2D eigenvalue weighted by Gasteiger charge is -2.06. The third-order valence-electron chi connectivity index (χ3n) is 6.43. The summed E-state index contributed by atoms with van der Waals surface area (Å²) in [6.45, 7) is 5.86. The minimum atomic E-state index is 0.0403. The van der Waals surface area contributed by atoms with Gasteiger partial charge in [0.2, 0.25) is 0 Å². The van der Waals surface area contributed by atoms with Crippen LogP contribution in [0.2, 0.25) is 0 Å². The summed E-state index contributed by atoms with van der Waals surface area (Å²) in [5.41, 5.74) is 1.68. The summed E-state index contributed by atoms with van der Waals surface area (Å²) in [5, 5.41) is 9.32. The van der Waals surface area contributed by atoms with E-state index in [1.807, 2.05) is 67.6 Å². The zero-order valence-electron chi connectivity index (χ0n) is 17.0. The lowest BCUT2D eigenvalue weighted by atomic mass is 9.97. The van der Waals surface area contributed by atoms with Crippen molar-refractivity contribution in [1.82, 2.24) is 0 Å². The molecule has 0 aromatic heterocycles. The van der Waals surface area contributed by atoms with Crippen molar-refractivity contribution in [3.05, 3.63) is 105 Å². The van der Waals surface area contributed by atoms with E-state index in [1.54, 1.807) is 6.08 Å². The third-order valence-corrected chi connectivity index (χ3v) is 6.43. The lowest BCUT2D eigenvalue weighted by molar-refractivity contribution is 1.67. The van der Waals surface area contributed by atoms with Crippen LogP contribution in [-0.2, 0) is 0 Å². The molecule has 0 atom stereocenters. The number of rotatable bonds is 2. The van der Waals surface area contributed by atoms with Gasteiger partial charge >= 0.3 is 0 Å². The standard InChI is InChI=1S/C29H18O2/c1-3-7-20-18(4-2)24-14-22-16(12-26(24)28(20)30)10-11-17-13-27-25(15-23(17)22)19-8-5-6-9-21(19)29(27)31/h3-15H,2H2,1H3/b7-3-. The van der Waals surface area contributed by atoms with Crippen molar-refractivity contribution in [2.45, 2.75) is 6.92 Å². The molecule has 0 N–H and O–H groups in total. The van der Waals surface area contributed by atoms with Crippen LogP contribution in [0.5, 0.6) is 0 Å². The molecule has 6 aromatic rings. The van der Waals surface area contributed by atoms with Crippen molar-refractivity contribution in [3.63, 3.8) is 0 Å². The maximum Gasteiger partial charge on any atom is 0.194 e. The second-order valence-corrected chi connectivity index (χ2v) is 8.04. The average Bonchev–Trinajstić information content (AvgIpc) is 3.22. The molecule has 0 aliphatic rings. The molecule has 0 amide bonds. The maximum absolute atomic E-state index is 13.0. The van der Waals surface area contributed by atoms with Crippen LogP contribution < -0.4 is 10.9 Å². The zero-order chi connectivity index (χ0) is 21.3. The Morgan fingerprint density at radius 1 is 0.613 bits per heavy atom. The Labute approximate surface area is 178 Å². The molecule has 0 unspecified atom stereocenters. The predicted octanol–water partition coefficient (Wildman–Crippen LogP) is 6.72. The molecule has 0 radical (unpaired) electrons. The van der Waals surface area contributed by atoms with Gasteiger partial charge in [0, 0.05) is 21.7 Å². The molecule has 2 nitrogen and oxygen atoms in total. The van der Waals surface area contributed by atoms with Crippen LogP contribution >= 0.6 is 0 Å². The Bertz CT molecular complexity index is 1840.